The van der Waals surface area contributed by atoms with Crippen LogP contribution in [0.5, 0.6) is 0 Å². The first-order chi connectivity index (χ1) is 8.99. The summed E-state index contributed by atoms with van der Waals surface area (Å²) in [6.07, 6.45) is 2.03. The zero-order valence-electron chi connectivity index (χ0n) is 11.8. The van der Waals surface area contributed by atoms with E-state index in [4.69, 9.17) is 11.6 Å². The second-order valence-electron chi connectivity index (χ2n) is 5.33. The Morgan fingerprint density at radius 3 is 2.74 bits per heavy atom. The van der Waals surface area contributed by atoms with Gasteiger partial charge in [-0.3, -0.25) is 4.79 Å². The molecule has 3 nitrogen and oxygen atoms in total. The summed E-state index contributed by atoms with van der Waals surface area (Å²) in [5, 5.41) is -0.446. The highest BCUT2D eigenvalue weighted by Gasteiger charge is 2.22. The number of carbonyl (C=O) groups is 1. The number of fused-ring (bicyclic) bond motifs is 1. The standard InChI is InChI=1S/C15H21ClN2O/c1-11(16)15(19)18-8-4-5-12-6-7-14(17(2)3)9-13(12)10-18/h6-7,9,11H,4-5,8,10H2,1-3H3. The Morgan fingerprint density at radius 2 is 2.11 bits per heavy atom. The topological polar surface area (TPSA) is 23.6 Å². The van der Waals surface area contributed by atoms with E-state index in [-0.39, 0.29) is 5.91 Å². The Balaban J connectivity index is 2.27. The molecule has 0 bridgehead atoms. The van der Waals surface area contributed by atoms with Crippen molar-refractivity contribution < 1.29 is 4.79 Å². The molecule has 1 unspecified atom stereocenters. The summed E-state index contributed by atoms with van der Waals surface area (Å²) in [5.41, 5.74) is 3.77. The molecule has 104 valence electrons. The predicted molar refractivity (Wildman–Crippen MR) is 79.8 cm³/mol. The van der Waals surface area contributed by atoms with Gasteiger partial charge in [0.05, 0.1) is 0 Å². The van der Waals surface area contributed by atoms with Crippen molar-refractivity contribution in [2.45, 2.75) is 31.7 Å². The van der Waals surface area contributed by atoms with Gasteiger partial charge in [0.2, 0.25) is 5.91 Å². The van der Waals surface area contributed by atoms with Gasteiger partial charge < -0.3 is 9.80 Å². The molecular formula is C15H21ClN2O. The number of amides is 1. The molecule has 19 heavy (non-hydrogen) atoms. The fourth-order valence-corrected chi connectivity index (χ4v) is 2.60. The molecule has 1 aliphatic rings. The van der Waals surface area contributed by atoms with Gasteiger partial charge in [-0.05, 0) is 43.0 Å². The molecule has 0 aliphatic carbocycles. The van der Waals surface area contributed by atoms with Crippen LogP contribution in [0.1, 0.15) is 24.5 Å². The highest BCUT2D eigenvalue weighted by Crippen LogP contribution is 2.24. The van der Waals surface area contributed by atoms with Gasteiger partial charge >= 0.3 is 0 Å². The number of anilines is 1. The summed E-state index contributed by atoms with van der Waals surface area (Å²) < 4.78 is 0. The van der Waals surface area contributed by atoms with Gasteiger partial charge in [0.15, 0.2) is 0 Å². The molecule has 0 N–H and O–H groups in total. The summed E-state index contributed by atoms with van der Waals surface area (Å²) in [7, 11) is 4.06. The molecule has 1 aliphatic heterocycles. The zero-order chi connectivity index (χ0) is 14.0. The number of hydrogen-bond acceptors (Lipinski definition) is 2. The van der Waals surface area contributed by atoms with Gasteiger partial charge in [-0.15, -0.1) is 11.6 Å². The van der Waals surface area contributed by atoms with E-state index in [0.717, 1.165) is 19.4 Å². The lowest BCUT2D eigenvalue weighted by Crippen LogP contribution is -2.35. The Kier molecular flexibility index (Phi) is 4.35. The quantitative estimate of drug-likeness (QED) is 0.778. The van der Waals surface area contributed by atoms with Crippen molar-refractivity contribution in [1.82, 2.24) is 4.90 Å². The van der Waals surface area contributed by atoms with Gasteiger partial charge in [-0.2, -0.15) is 0 Å². The van der Waals surface area contributed by atoms with E-state index in [1.54, 1.807) is 6.92 Å². The number of hydrogen-bond donors (Lipinski definition) is 0. The SMILES string of the molecule is CC(Cl)C(=O)N1CCCc2ccc(N(C)C)cc2C1. The summed E-state index contributed by atoms with van der Waals surface area (Å²) in [5.74, 6) is 0.0322. The molecule has 0 saturated heterocycles. The van der Waals surface area contributed by atoms with Gasteiger partial charge in [0.1, 0.15) is 5.38 Å². The third-order valence-electron chi connectivity index (χ3n) is 3.59. The summed E-state index contributed by atoms with van der Waals surface area (Å²) >= 11 is 5.92. The molecule has 0 radical (unpaired) electrons. The fourth-order valence-electron chi connectivity index (χ4n) is 2.47. The van der Waals surface area contributed by atoms with E-state index in [1.165, 1.54) is 16.8 Å². The first-order valence-electron chi connectivity index (χ1n) is 6.71. The Bertz CT molecular complexity index is 471. The molecule has 4 heteroatoms. The number of aryl methyl sites for hydroxylation is 1. The second-order valence-corrected chi connectivity index (χ2v) is 5.98. The van der Waals surface area contributed by atoms with E-state index in [1.807, 2.05) is 19.0 Å². The maximum Gasteiger partial charge on any atom is 0.240 e. The van der Waals surface area contributed by atoms with Gasteiger partial charge in [0, 0.05) is 32.9 Å². The lowest BCUT2D eigenvalue weighted by Gasteiger charge is -2.23. The van der Waals surface area contributed by atoms with Crippen LogP contribution in [0.15, 0.2) is 18.2 Å². The van der Waals surface area contributed by atoms with Crippen LogP contribution in [0.25, 0.3) is 0 Å². The average Bonchev–Trinajstić information content (AvgIpc) is 2.58. The van der Waals surface area contributed by atoms with Gasteiger partial charge in [-0.1, -0.05) is 6.07 Å². The molecule has 0 saturated carbocycles. The molecule has 1 aromatic carbocycles. The predicted octanol–water partition coefficient (Wildman–Crippen LogP) is 2.65. The lowest BCUT2D eigenvalue weighted by atomic mass is 10.0. The third-order valence-corrected chi connectivity index (χ3v) is 3.78. The molecule has 2 rings (SSSR count). The summed E-state index contributed by atoms with van der Waals surface area (Å²) in [6.45, 7) is 3.21. The highest BCUT2D eigenvalue weighted by atomic mass is 35.5. The van der Waals surface area contributed by atoms with Crippen molar-refractivity contribution in [2.24, 2.45) is 0 Å². The van der Waals surface area contributed by atoms with E-state index in [9.17, 15) is 4.79 Å². The second kappa shape index (κ2) is 5.83. The third kappa shape index (κ3) is 3.21. The Hall–Kier alpha value is -1.22. The average molecular weight is 281 g/mol. The first kappa shape index (κ1) is 14.2. The van der Waals surface area contributed by atoms with E-state index in [0.29, 0.717) is 6.54 Å². The highest BCUT2D eigenvalue weighted by molar-refractivity contribution is 6.30. The van der Waals surface area contributed by atoms with Gasteiger partial charge in [-0.25, -0.2) is 0 Å². The monoisotopic (exact) mass is 280 g/mol. The van der Waals surface area contributed by atoms with E-state index < -0.39 is 5.38 Å². The van der Waals surface area contributed by atoms with Gasteiger partial charge in [0.25, 0.3) is 0 Å². The number of rotatable bonds is 2. The van der Waals surface area contributed by atoms with Crippen molar-refractivity contribution >= 4 is 23.2 Å². The summed E-state index contributed by atoms with van der Waals surface area (Å²) in [6, 6.07) is 6.50. The van der Waals surface area contributed by atoms with Crippen LogP contribution < -0.4 is 4.90 Å². The number of halogens is 1. The van der Waals surface area contributed by atoms with Crippen LogP contribution in [-0.2, 0) is 17.8 Å². The molecular weight excluding hydrogens is 260 g/mol. The lowest BCUT2D eigenvalue weighted by molar-refractivity contribution is -0.131. The number of alkyl halides is 1. The normalized spacial score (nSPS) is 16.5. The summed E-state index contributed by atoms with van der Waals surface area (Å²) in [4.78, 5) is 16.0. The van der Waals surface area contributed by atoms with Crippen LogP contribution in [0, 0.1) is 0 Å². The largest absolute Gasteiger partial charge is 0.378 e. The number of benzene rings is 1. The minimum atomic E-state index is -0.446. The molecule has 0 aromatic heterocycles. The number of carbonyl (C=O) groups excluding carboxylic acids is 1. The molecule has 1 aromatic rings. The minimum absolute atomic E-state index is 0.0322. The van der Waals surface area contributed by atoms with Crippen LogP contribution in [0.4, 0.5) is 5.69 Å². The van der Waals surface area contributed by atoms with Crippen LogP contribution in [0.2, 0.25) is 0 Å². The van der Waals surface area contributed by atoms with Crippen molar-refractivity contribution in [3.63, 3.8) is 0 Å². The Labute approximate surface area is 120 Å². The number of nitrogens with zero attached hydrogens (tertiary/aromatic N) is 2. The van der Waals surface area contributed by atoms with Crippen molar-refractivity contribution in [3.05, 3.63) is 29.3 Å². The van der Waals surface area contributed by atoms with Crippen LogP contribution in [-0.4, -0.2) is 36.8 Å². The van der Waals surface area contributed by atoms with E-state index >= 15 is 0 Å². The fraction of sp³-hybridized carbons (Fsp3) is 0.533. The maximum absolute atomic E-state index is 12.1. The molecule has 1 heterocycles. The zero-order valence-corrected chi connectivity index (χ0v) is 12.6. The van der Waals surface area contributed by atoms with Crippen molar-refractivity contribution in [2.75, 3.05) is 25.5 Å². The van der Waals surface area contributed by atoms with Crippen LogP contribution >= 0.6 is 11.6 Å². The molecule has 1 amide bonds. The van der Waals surface area contributed by atoms with Crippen LogP contribution in [0.3, 0.4) is 0 Å². The smallest absolute Gasteiger partial charge is 0.240 e. The molecule has 0 fully saturated rings. The molecule has 0 spiro atoms. The Morgan fingerprint density at radius 1 is 1.37 bits per heavy atom. The molecule has 1 atom stereocenters. The minimum Gasteiger partial charge on any atom is -0.378 e. The van der Waals surface area contributed by atoms with Crippen molar-refractivity contribution in [3.8, 4) is 0 Å². The first-order valence-corrected chi connectivity index (χ1v) is 7.14. The maximum atomic E-state index is 12.1. The van der Waals surface area contributed by atoms with Crippen molar-refractivity contribution in [1.29, 1.82) is 0 Å². The van der Waals surface area contributed by atoms with E-state index in [2.05, 4.69) is 23.1 Å².